The number of hydrogen-bond acceptors (Lipinski definition) is 5. The zero-order chi connectivity index (χ0) is 20.4. The van der Waals surface area contributed by atoms with Crippen LogP contribution in [0.5, 0.6) is 0 Å². The van der Waals surface area contributed by atoms with E-state index < -0.39 is 0 Å². The largest absolute Gasteiger partial charge is 0.369 e. The van der Waals surface area contributed by atoms with E-state index in [0.717, 1.165) is 42.1 Å². The quantitative estimate of drug-likeness (QED) is 0.740. The molecule has 0 fully saturated rings. The van der Waals surface area contributed by atoms with E-state index in [1.165, 1.54) is 0 Å². The van der Waals surface area contributed by atoms with Gasteiger partial charge in [0, 0.05) is 50.3 Å². The average molecular weight is 391 g/mol. The molecule has 1 aliphatic heterocycles. The standard InChI is InChI=1S/C21H25N7O/c1-4-27-10-5-11-28(21(29)24-17-13-23-26(3)14-17)20-19(27)7-6-18(25-20)16-8-9-22-15(2)12-16/h6-9,12-14H,4-5,10-11H2,1-3H3,(H,24,29). The monoisotopic (exact) mass is 391 g/mol. The van der Waals surface area contributed by atoms with Gasteiger partial charge in [0.2, 0.25) is 0 Å². The van der Waals surface area contributed by atoms with Gasteiger partial charge in [0.1, 0.15) is 0 Å². The molecule has 0 saturated heterocycles. The molecule has 29 heavy (non-hydrogen) atoms. The van der Waals surface area contributed by atoms with Crippen molar-refractivity contribution in [3.63, 3.8) is 0 Å². The summed E-state index contributed by atoms with van der Waals surface area (Å²) in [4.78, 5) is 26.3. The van der Waals surface area contributed by atoms with Crippen LogP contribution in [0.25, 0.3) is 11.3 Å². The molecule has 0 radical (unpaired) electrons. The second kappa shape index (κ2) is 7.90. The van der Waals surface area contributed by atoms with Crippen LogP contribution in [0.4, 0.5) is 22.0 Å². The maximum Gasteiger partial charge on any atom is 0.327 e. The first kappa shape index (κ1) is 18.9. The predicted octanol–water partition coefficient (Wildman–Crippen LogP) is 3.45. The normalized spacial score (nSPS) is 13.8. The maximum atomic E-state index is 13.1. The van der Waals surface area contributed by atoms with Crippen LogP contribution in [0, 0.1) is 6.92 Å². The lowest BCUT2D eigenvalue weighted by atomic mass is 10.1. The summed E-state index contributed by atoms with van der Waals surface area (Å²) in [7, 11) is 1.82. The minimum atomic E-state index is -0.201. The van der Waals surface area contributed by atoms with Gasteiger partial charge in [-0.2, -0.15) is 5.10 Å². The number of nitrogens with zero attached hydrogens (tertiary/aromatic N) is 6. The highest BCUT2D eigenvalue weighted by Gasteiger charge is 2.26. The number of pyridine rings is 2. The fraction of sp³-hybridized carbons (Fsp3) is 0.333. The SMILES string of the molecule is CCN1CCCN(C(=O)Nc2cnn(C)c2)c2nc(-c3ccnc(C)c3)ccc21. The molecule has 4 rings (SSSR count). The van der Waals surface area contributed by atoms with Crippen LogP contribution < -0.4 is 15.1 Å². The van der Waals surface area contributed by atoms with Gasteiger partial charge in [-0.15, -0.1) is 0 Å². The van der Waals surface area contributed by atoms with E-state index in [0.29, 0.717) is 18.1 Å². The highest BCUT2D eigenvalue weighted by Crippen LogP contribution is 2.33. The molecule has 4 heterocycles. The van der Waals surface area contributed by atoms with Crippen molar-refractivity contribution in [3.05, 3.63) is 48.5 Å². The van der Waals surface area contributed by atoms with Crippen LogP contribution >= 0.6 is 0 Å². The Morgan fingerprint density at radius 3 is 2.83 bits per heavy atom. The minimum absolute atomic E-state index is 0.201. The number of carbonyl (C=O) groups is 1. The fourth-order valence-corrected chi connectivity index (χ4v) is 3.60. The maximum absolute atomic E-state index is 13.1. The first-order valence-electron chi connectivity index (χ1n) is 9.81. The van der Waals surface area contributed by atoms with E-state index in [2.05, 4.69) is 33.3 Å². The Hall–Kier alpha value is -3.42. The van der Waals surface area contributed by atoms with Gasteiger partial charge in [0.05, 0.1) is 23.3 Å². The zero-order valence-corrected chi connectivity index (χ0v) is 17.0. The summed E-state index contributed by atoms with van der Waals surface area (Å²) >= 11 is 0. The lowest BCUT2D eigenvalue weighted by molar-refractivity contribution is 0.257. The Kier molecular flexibility index (Phi) is 5.16. The van der Waals surface area contributed by atoms with Crippen molar-refractivity contribution in [1.29, 1.82) is 0 Å². The summed E-state index contributed by atoms with van der Waals surface area (Å²) < 4.78 is 1.66. The molecule has 2 amide bonds. The zero-order valence-electron chi connectivity index (χ0n) is 17.0. The van der Waals surface area contributed by atoms with Crippen LogP contribution in [-0.4, -0.2) is 45.4 Å². The second-order valence-electron chi connectivity index (χ2n) is 7.14. The molecule has 8 heteroatoms. The van der Waals surface area contributed by atoms with Crippen molar-refractivity contribution >= 4 is 23.2 Å². The molecule has 0 saturated carbocycles. The van der Waals surface area contributed by atoms with Gasteiger partial charge in [0.15, 0.2) is 5.82 Å². The van der Waals surface area contributed by atoms with Crippen molar-refractivity contribution in [2.75, 3.05) is 34.8 Å². The van der Waals surface area contributed by atoms with Gasteiger partial charge in [-0.3, -0.25) is 14.6 Å². The number of carbonyl (C=O) groups excluding carboxylic acids is 1. The highest BCUT2D eigenvalue weighted by molar-refractivity contribution is 6.03. The number of hydrogen-bond donors (Lipinski definition) is 1. The first-order valence-corrected chi connectivity index (χ1v) is 9.81. The predicted molar refractivity (Wildman–Crippen MR) is 114 cm³/mol. The van der Waals surface area contributed by atoms with Crippen molar-refractivity contribution in [1.82, 2.24) is 19.7 Å². The Morgan fingerprint density at radius 2 is 2.10 bits per heavy atom. The molecule has 0 atom stereocenters. The van der Waals surface area contributed by atoms with Crippen molar-refractivity contribution in [2.24, 2.45) is 7.05 Å². The number of aryl methyl sites for hydroxylation is 2. The van der Waals surface area contributed by atoms with E-state index >= 15 is 0 Å². The third-order valence-electron chi connectivity index (χ3n) is 5.04. The summed E-state index contributed by atoms with van der Waals surface area (Å²) in [6, 6.07) is 7.82. The Balaban J connectivity index is 1.73. The van der Waals surface area contributed by atoms with Crippen molar-refractivity contribution in [3.8, 4) is 11.3 Å². The summed E-state index contributed by atoms with van der Waals surface area (Å²) in [5, 5.41) is 7.06. The molecule has 0 bridgehead atoms. The molecule has 150 valence electrons. The number of nitrogens with one attached hydrogen (secondary N) is 1. The van der Waals surface area contributed by atoms with Crippen LogP contribution in [0.15, 0.2) is 42.9 Å². The molecule has 1 aliphatic rings. The number of aromatic nitrogens is 4. The number of amides is 2. The van der Waals surface area contributed by atoms with Crippen LogP contribution in [0.1, 0.15) is 19.0 Å². The smallest absolute Gasteiger partial charge is 0.327 e. The Labute approximate surface area is 170 Å². The summed E-state index contributed by atoms with van der Waals surface area (Å²) in [5.74, 6) is 0.678. The molecule has 0 aromatic carbocycles. The van der Waals surface area contributed by atoms with Gasteiger partial charge in [-0.1, -0.05) is 0 Å². The molecule has 3 aromatic rings. The molecule has 0 aliphatic carbocycles. The molecular weight excluding hydrogens is 366 g/mol. The van der Waals surface area contributed by atoms with Gasteiger partial charge in [-0.05, 0) is 44.5 Å². The number of fused-ring (bicyclic) bond motifs is 1. The molecule has 0 unspecified atom stereocenters. The molecule has 8 nitrogen and oxygen atoms in total. The Morgan fingerprint density at radius 1 is 1.24 bits per heavy atom. The van der Waals surface area contributed by atoms with Crippen LogP contribution in [-0.2, 0) is 7.05 Å². The second-order valence-corrected chi connectivity index (χ2v) is 7.14. The van der Waals surface area contributed by atoms with Gasteiger partial charge in [0.25, 0.3) is 0 Å². The lowest BCUT2D eigenvalue weighted by Gasteiger charge is -2.25. The van der Waals surface area contributed by atoms with E-state index in [1.807, 2.05) is 32.2 Å². The highest BCUT2D eigenvalue weighted by atomic mass is 16.2. The number of rotatable bonds is 3. The molecule has 3 aromatic heterocycles. The number of urea groups is 1. The molecular formula is C21H25N7O. The third kappa shape index (κ3) is 3.91. The van der Waals surface area contributed by atoms with E-state index in [9.17, 15) is 4.79 Å². The average Bonchev–Trinajstić information content (AvgIpc) is 3.03. The summed E-state index contributed by atoms with van der Waals surface area (Å²) in [6.07, 6.45) is 6.06. The minimum Gasteiger partial charge on any atom is -0.369 e. The summed E-state index contributed by atoms with van der Waals surface area (Å²) in [5.41, 5.74) is 4.38. The Bertz CT molecular complexity index is 1030. The van der Waals surface area contributed by atoms with Crippen molar-refractivity contribution in [2.45, 2.75) is 20.3 Å². The third-order valence-corrected chi connectivity index (χ3v) is 5.04. The van der Waals surface area contributed by atoms with E-state index in [4.69, 9.17) is 4.98 Å². The van der Waals surface area contributed by atoms with Gasteiger partial charge >= 0.3 is 6.03 Å². The molecule has 1 N–H and O–H groups in total. The lowest BCUT2D eigenvalue weighted by Crippen LogP contribution is -2.36. The summed E-state index contributed by atoms with van der Waals surface area (Å²) in [6.45, 7) is 6.42. The number of anilines is 3. The van der Waals surface area contributed by atoms with Gasteiger partial charge in [-0.25, -0.2) is 9.78 Å². The van der Waals surface area contributed by atoms with Crippen LogP contribution in [0.2, 0.25) is 0 Å². The molecule has 0 spiro atoms. The topological polar surface area (TPSA) is 79.2 Å². The van der Waals surface area contributed by atoms with Gasteiger partial charge < -0.3 is 10.2 Å². The fourth-order valence-electron chi connectivity index (χ4n) is 3.60. The first-order chi connectivity index (χ1) is 14.0. The van der Waals surface area contributed by atoms with Crippen LogP contribution in [0.3, 0.4) is 0 Å². The van der Waals surface area contributed by atoms with E-state index in [1.54, 1.807) is 28.2 Å². The van der Waals surface area contributed by atoms with Crippen molar-refractivity contribution < 1.29 is 4.79 Å². The van der Waals surface area contributed by atoms with E-state index in [-0.39, 0.29) is 6.03 Å².